The number of aryl methyl sites for hydroxylation is 1. The van der Waals surface area contributed by atoms with Gasteiger partial charge in [-0.3, -0.25) is 14.9 Å². The second kappa shape index (κ2) is 8.25. The third kappa shape index (κ3) is 4.86. The van der Waals surface area contributed by atoms with Crippen LogP contribution in [0.4, 0.5) is 11.4 Å². The summed E-state index contributed by atoms with van der Waals surface area (Å²) in [7, 11) is -3.93. The smallest absolute Gasteiger partial charge is 0.291 e. The van der Waals surface area contributed by atoms with Crippen LogP contribution >= 0.6 is 0 Å². The molecule has 9 nitrogen and oxygen atoms in total. The molecule has 2 N–H and O–H groups in total. The van der Waals surface area contributed by atoms with Crippen molar-refractivity contribution in [3.63, 3.8) is 0 Å². The van der Waals surface area contributed by atoms with Gasteiger partial charge < -0.3 is 9.73 Å². The van der Waals surface area contributed by atoms with Crippen LogP contribution in [0.3, 0.4) is 0 Å². The molecule has 150 valence electrons. The molecule has 0 saturated heterocycles. The Morgan fingerprint density at radius 2 is 1.86 bits per heavy atom. The van der Waals surface area contributed by atoms with Gasteiger partial charge in [-0.2, -0.15) is 0 Å². The highest BCUT2D eigenvalue weighted by atomic mass is 32.2. The monoisotopic (exact) mass is 415 g/mol. The maximum atomic E-state index is 12.4. The van der Waals surface area contributed by atoms with Gasteiger partial charge in [-0.05, 0) is 42.8 Å². The molecule has 0 aliphatic heterocycles. The van der Waals surface area contributed by atoms with Crippen molar-refractivity contribution >= 4 is 27.3 Å². The summed E-state index contributed by atoms with van der Waals surface area (Å²) in [6, 6.07) is 13.4. The summed E-state index contributed by atoms with van der Waals surface area (Å²) in [6.07, 6.45) is 1.40. The van der Waals surface area contributed by atoms with Crippen molar-refractivity contribution in [2.24, 2.45) is 0 Å². The fourth-order valence-corrected chi connectivity index (χ4v) is 3.56. The highest BCUT2D eigenvalue weighted by Gasteiger charge is 2.19. The summed E-state index contributed by atoms with van der Waals surface area (Å²) < 4.78 is 32.3. The third-order valence-corrected chi connectivity index (χ3v) is 5.51. The summed E-state index contributed by atoms with van der Waals surface area (Å²) in [5.41, 5.74) is 1.28. The number of nitrogens with zero attached hydrogens (tertiary/aromatic N) is 1. The Morgan fingerprint density at radius 1 is 1.14 bits per heavy atom. The Kier molecular flexibility index (Phi) is 5.76. The van der Waals surface area contributed by atoms with Gasteiger partial charge in [0, 0.05) is 23.9 Å². The van der Waals surface area contributed by atoms with E-state index in [0.29, 0.717) is 16.8 Å². The number of furan rings is 1. The standard InChI is InChI=1S/C19H17N3O6S/c1-13-4-9-16(11-17(13)22(24)25)29(26,27)20-12-14-5-7-15(8-6-14)21-19(23)18-3-2-10-28-18/h2-11,20H,12H2,1H3,(H,21,23). The normalized spacial score (nSPS) is 11.2. The topological polar surface area (TPSA) is 132 Å². The van der Waals surface area contributed by atoms with Crippen LogP contribution in [0.2, 0.25) is 0 Å². The number of nitrogens with one attached hydrogen (secondary N) is 2. The Hall–Kier alpha value is -3.50. The number of nitro benzene ring substituents is 1. The van der Waals surface area contributed by atoms with E-state index in [9.17, 15) is 23.3 Å². The number of hydrogen-bond donors (Lipinski definition) is 2. The van der Waals surface area contributed by atoms with E-state index in [4.69, 9.17) is 4.42 Å². The quantitative estimate of drug-likeness (QED) is 0.450. The van der Waals surface area contributed by atoms with E-state index >= 15 is 0 Å². The van der Waals surface area contributed by atoms with Crippen molar-refractivity contribution in [3.8, 4) is 0 Å². The van der Waals surface area contributed by atoms with Crippen molar-refractivity contribution in [3.05, 3.63) is 87.9 Å². The molecule has 0 spiro atoms. The van der Waals surface area contributed by atoms with Gasteiger partial charge in [-0.15, -0.1) is 0 Å². The van der Waals surface area contributed by atoms with Gasteiger partial charge in [0.2, 0.25) is 10.0 Å². The van der Waals surface area contributed by atoms with Crippen LogP contribution in [-0.2, 0) is 16.6 Å². The second-order valence-electron chi connectivity index (χ2n) is 6.16. The number of benzene rings is 2. The number of nitro groups is 1. The van der Waals surface area contributed by atoms with Crippen LogP contribution in [0.15, 0.2) is 70.2 Å². The molecule has 1 heterocycles. The van der Waals surface area contributed by atoms with Gasteiger partial charge in [-0.1, -0.05) is 18.2 Å². The highest BCUT2D eigenvalue weighted by molar-refractivity contribution is 7.89. The van der Waals surface area contributed by atoms with Crippen LogP contribution in [0.25, 0.3) is 0 Å². The maximum Gasteiger partial charge on any atom is 0.291 e. The molecule has 0 radical (unpaired) electrons. The van der Waals surface area contributed by atoms with Crippen LogP contribution in [0.5, 0.6) is 0 Å². The predicted octanol–water partition coefficient (Wildman–Crippen LogP) is 3.23. The lowest BCUT2D eigenvalue weighted by atomic mass is 10.2. The van der Waals surface area contributed by atoms with Crippen molar-refractivity contribution in [2.45, 2.75) is 18.4 Å². The molecule has 0 fully saturated rings. The molecule has 3 aromatic rings. The first-order chi connectivity index (χ1) is 13.8. The fraction of sp³-hybridized carbons (Fsp3) is 0.105. The first-order valence-electron chi connectivity index (χ1n) is 8.45. The van der Waals surface area contributed by atoms with Gasteiger partial charge in [0.05, 0.1) is 16.1 Å². The number of carbonyl (C=O) groups excluding carboxylic acids is 1. The molecule has 1 aromatic heterocycles. The summed E-state index contributed by atoms with van der Waals surface area (Å²) >= 11 is 0. The minimum atomic E-state index is -3.93. The molecule has 3 rings (SSSR count). The van der Waals surface area contributed by atoms with E-state index in [1.165, 1.54) is 31.4 Å². The van der Waals surface area contributed by atoms with Crippen molar-refractivity contribution in [1.82, 2.24) is 4.72 Å². The first kappa shape index (κ1) is 20.2. The molecule has 0 aliphatic carbocycles. The first-order valence-corrected chi connectivity index (χ1v) is 9.93. The van der Waals surface area contributed by atoms with E-state index in [0.717, 1.165) is 6.07 Å². The fourth-order valence-electron chi connectivity index (χ4n) is 2.52. The second-order valence-corrected chi connectivity index (χ2v) is 7.93. The summed E-state index contributed by atoms with van der Waals surface area (Å²) in [4.78, 5) is 22.1. The van der Waals surface area contributed by atoms with Crippen LogP contribution < -0.4 is 10.0 Å². The van der Waals surface area contributed by atoms with E-state index < -0.39 is 20.9 Å². The maximum absolute atomic E-state index is 12.4. The molecule has 0 saturated carbocycles. The zero-order valence-corrected chi connectivity index (χ0v) is 16.1. The number of sulfonamides is 1. The summed E-state index contributed by atoms with van der Waals surface area (Å²) in [5, 5.41) is 13.7. The zero-order valence-electron chi connectivity index (χ0n) is 15.3. The largest absolute Gasteiger partial charge is 0.459 e. The van der Waals surface area contributed by atoms with E-state index in [1.54, 1.807) is 30.3 Å². The molecule has 10 heteroatoms. The minimum Gasteiger partial charge on any atom is -0.459 e. The molecular formula is C19H17N3O6S. The van der Waals surface area contributed by atoms with Crippen molar-refractivity contribution < 1.29 is 22.6 Å². The van der Waals surface area contributed by atoms with Gasteiger partial charge in [0.1, 0.15) is 0 Å². The van der Waals surface area contributed by atoms with E-state index in [2.05, 4.69) is 10.0 Å². The Bertz CT molecular complexity index is 1140. The molecule has 0 unspecified atom stereocenters. The SMILES string of the molecule is Cc1ccc(S(=O)(=O)NCc2ccc(NC(=O)c3ccco3)cc2)cc1[N+](=O)[O-]. The lowest BCUT2D eigenvalue weighted by Gasteiger charge is -2.09. The van der Waals surface area contributed by atoms with Crippen molar-refractivity contribution in [1.29, 1.82) is 0 Å². The van der Waals surface area contributed by atoms with Gasteiger partial charge in [-0.25, -0.2) is 13.1 Å². The summed E-state index contributed by atoms with van der Waals surface area (Å²) in [6.45, 7) is 1.52. The number of carbonyl (C=O) groups is 1. The minimum absolute atomic E-state index is 0.0174. The van der Waals surface area contributed by atoms with Gasteiger partial charge in [0.25, 0.3) is 11.6 Å². The predicted molar refractivity (Wildman–Crippen MR) is 105 cm³/mol. The Morgan fingerprint density at radius 3 is 2.48 bits per heavy atom. The molecule has 1 amide bonds. The molecule has 29 heavy (non-hydrogen) atoms. The van der Waals surface area contributed by atoms with Crippen LogP contribution in [0.1, 0.15) is 21.7 Å². The number of hydrogen-bond acceptors (Lipinski definition) is 6. The molecule has 0 aliphatic rings. The molecule has 2 aromatic carbocycles. The van der Waals surface area contributed by atoms with Crippen LogP contribution in [-0.4, -0.2) is 19.2 Å². The Balaban J connectivity index is 1.65. The number of anilines is 1. The lowest BCUT2D eigenvalue weighted by Crippen LogP contribution is -2.23. The lowest BCUT2D eigenvalue weighted by molar-refractivity contribution is -0.385. The van der Waals surface area contributed by atoms with E-state index in [-0.39, 0.29) is 22.9 Å². The molecule has 0 atom stereocenters. The van der Waals surface area contributed by atoms with E-state index in [1.807, 2.05) is 0 Å². The van der Waals surface area contributed by atoms with Gasteiger partial charge >= 0.3 is 0 Å². The Labute approximate surface area is 166 Å². The molecule has 0 bridgehead atoms. The zero-order chi connectivity index (χ0) is 21.0. The highest BCUT2D eigenvalue weighted by Crippen LogP contribution is 2.22. The summed E-state index contributed by atoms with van der Waals surface area (Å²) in [5.74, 6) is -0.224. The number of rotatable bonds is 7. The average Bonchev–Trinajstić information content (AvgIpc) is 3.22. The van der Waals surface area contributed by atoms with Gasteiger partial charge in [0.15, 0.2) is 5.76 Å². The van der Waals surface area contributed by atoms with Crippen LogP contribution in [0, 0.1) is 17.0 Å². The molecular weight excluding hydrogens is 398 g/mol. The average molecular weight is 415 g/mol. The van der Waals surface area contributed by atoms with Crippen molar-refractivity contribution in [2.75, 3.05) is 5.32 Å². The number of amides is 1. The third-order valence-electron chi connectivity index (χ3n) is 4.11.